The first-order valence-electron chi connectivity index (χ1n) is 10.6. The fourth-order valence-electron chi connectivity index (χ4n) is 3.45. The number of carbonyl (C=O) groups is 1. The molecule has 31 heavy (non-hydrogen) atoms. The number of hydrogen-bond donors (Lipinski definition) is 0. The second-order valence-corrected chi connectivity index (χ2v) is 10.4. The molecule has 2 rings (SSSR count). The molecule has 0 amide bonds. The molecule has 1 aromatic heterocycles. The Bertz CT molecular complexity index is 1100. The lowest BCUT2D eigenvalue weighted by atomic mass is 9.91. The molecule has 0 radical (unpaired) electrons. The minimum Gasteiger partial charge on any atom is -0.475 e. The van der Waals surface area contributed by atoms with Crippen molar-refractivity contribution in [3.8, 4) is 5.88 Å². The maximum absolute atomic E-state index is 13.6. The van der Waals surface area contributed by atoms with E-state index < -0.39 is 9.84 Å². The molecule has 1 aromatic carbocycles. The summed E-state index contributed by atoms with van der Waals surface area (Å²) < 4.78 is 32.5. The van der Waals surface area contributed by atoms with Gasteiger partial charge in [0.2, 0.25) is 5.88 Å². The smallest absolute Gasteiger partial charge is 0.223 e. The van der Waals surface area contributed by atoms with Crippen molar-refractivity contribution >= 4 is 21.2 Å². The zero-order chi connectivity index (χ0) is 23.5. The second kappa shape index (κ2) is 9.81. The van der Waals surface area contributed by atoms with Gasteiger partial charge < -0.3 is 4.74 Å². The van der Waals surface area contributed by atoms with Crippen molar-refractivity contribution in [3.63, 3.8) is 0 Å². The van der Waals surface area contributed by atoms with E-state index in [1.807, 2.05) is 34.6 Å². The second-order valence-electron chi connectivity index (χ2n) is 8.44. The summed E-state index contributed by atoms with van der Waals surface area (Å²) >= 11 is 0. The van der Waals surface area contributed by atoms with Crippen LogP contribution in [0.15, 0.2) is 28.8 Å². The van der Waals surface area contributed by atoms with E-state index in [0.29, 0.717) is 34.7 Å². The van der Waals surface area contributed by atoms with E-state index in [-0.39, 0.29) is 16.8 Å². The highest BCUT2D eigenvalue weighted by atomic mass is 32.2. The van der Waals surface area contributed by atoms with Crippen molar-refractivity contribution in [1.29, 1.82) is 0 Å². The maximum Gasteiger partial charge on any atom is 0.223 e. The standard InChI is InChI=1S/C24H34N2O4S/c1-9-10-13-26-24(30-16(4)5)20(14-25-26)23(27)19-11-12-21(31(8,28)29)22(18(19)7)17(6)15(2)3/h11-12,14,16H,9-10,13H2,1-8H3. The molecule has 0 fully saturated rings. The predicted molar refractivity (Wildman–Crippen MR) is 125 cm³/mol. The summed E-state index contributed by atoms with van der Waals surface area (Å²) in [5.74, 6) is 0.235. The van der Waals surface area contributed by atoms with Gasteiger partial charge in [0.15, 0.2) is 15.6 Å². The quantitative estimate of drug-likeness (QED) is 0.493. The van der Waals surface area contributed by atoms with Crippen molar-refractivity contribution in [2.75, 3.05) is 6.26 Å². The molecule has 0 spiro atoms. The number of nitrogens with zero attached hydrogens (tertiary/aromatic N) is 2. The maximum atomic E-state index is 13.6. The van der Waals surface area contributed by atoms with Crippen molar-refractivity contribution in [1.82, 2.24) is 9.78 Å². The summed E-state index contributed by atoms with van der Waals surface area (Å²) in [6.45, 7) is 14.1. The Hall–Kier alpha value is -2.41. The molecule has 2 aromatic rings. The van der Waals surface area contributed by atoms with Crippen LogP contribution < -0.4 is 4.74 Å². The molecule has 6 nitrogen and oxygen atoms in total. The minimum atomic E-state index is -3.46. The highest BCUT2D eigenvalue weighted by molar-refractivity contribution is 7.90. The molecule has 0 aliphatic carbocycles. The number of ketones is 1. The van der Waals surface area contributed by atoms with Gasteiger partial charge in [0.05, 0.1) is 17.2 Å². The molecule has 7 heteroatoms. The molecule has 0 atom stereocenters. The summed E-state index contributed by atoms with van der Waals surface area (Å²) in [6, 6.07) is 3.13. The Morgan fingerprint density at radius 1 is 1.16 bits per heavy atom. The third-order valence-corrected chi connectivity index (χ3v) is 6.44. The summed E-state index contributed by atoms with van der Waals surface area (Å²) in [6.07, 6.45) is 4.56. The number of ether oxygens (including phenoxy) is 1. The van der Waals surface area contributed by atoms with Gasteiger partial charge in [-0.1, -0.05) is 18.9 Å². The van der Waals surface area contributed by atoms with Crippen molar-refractivity contribution < 1.29 is 17.9 Å². The van der Waals surface area contributed by atoms with Gasteiger partial charge in [-0.25, -0.2) is 13.1 Å². The zero-order valence-corrected chi connectivity index (χ0v) is 20.7. The number of carbonyl (C=O) groups excluding carboxylic acids is 1. The van der Waals surface area contributed by atoms with Gasteiger partial charge in [-0.05, 0) is 76.8 Å². The molecule has 170 valence electrons. The van der Waals surface area contributed by atoms with Gasteiger partial charge in [0, 0.05) is 18.4 Å². The lowest BCUT2D eigenvalue weighted by Crippen LogP contribution is -2.15. The van der Waals surface area contributed by atoms with Crippen LogP contribution in [0.1, 0.15) is 81.4 Å². The number of unbranched alkanes of at least 4 members (excludes halogenated alkanes) is 1. The lowest BCUT2D eigenvalue weighted by molar-refractivity contribution is 0.103. The molecular weight excluding hydrogens is 412 g/mol. The third-order valence-electron chi connectivity index (χ3n) is 5.30. The fraction of sp³-hybridized carbons (Fsp3) is 0.500. The first kappa shape index (κ1) is 24.9. The first-order chi connectivity index (χ1) is 14.4. The fourth-order valence-corrected chi connectivity index (χ4v) is 4.44. The molecule has 0 unspecified atom stereocenters. The van der Waals surface area contributed by atoms with Gasteiger partial charge in [-0.2, -0.15) is 5.10 Å². The zero-order valence-electron chi connectivity index (χ0n) is 19.9. The van der Waals surface area contributed by atoms with E-state index in [4.69, 9.17) is 4.74 Å². The summed E-state index contributed by atoms with van der Waals surface area (Å²) in [5.41, 5.74) is 3.92. The van der Waals surface area contributed by atoms with Gasteiger partial charge in [0.1, 0.15) is 5.56 Å². The SMILES string of the molecule is CCCCn1ncc(C(=O)c2ccc(S(C)(=O)=O)c(C(C)=C(C)C)c2C)c1OC(C)C. The summed E-state index contributed by atoms with van der Waals surface area (Å²) in [5, 5.41) is 4.39. The van der Waals surface area contributed by atoms with Crippen LogP contribution in [0.2, 0.25) is 0 Å². The van der Waals surface area contributed by atoms with Crippen LogP contribution in [0.3, 0.4) is 0 Å². The number of hydrogen-bond acceptors (Lipinski definition) is 5. The average molecular weight is 447 g/mol. The van der Waals surface area contributed by atoms with E-state index in [9.17, 15) is 13.2 Å². The normalized spacial score (nSPS) is 11.6. The summed E-state index contributed by atoms with van der Waals surface area (Å²) in [7, 11) is -3.46. The number of aromatic nitrogens is 2. The third kappa shape index (κ3) is 5.45. The molecule has 0 aliphatic rings. The first-order valence-corrected chi connectivity index (χ1v) is 12.5. The Morgan fingerprint density at radius 2 is 1.81 bits per heavy atom. The van der Waals surface area contributed by atoms with Crippen LogP contribution in [0, 0.1) is 6.92 Å². The summed E-state index contributed by atoms with van der Waals surface area (Å²) in [4.78, 5) is 13.8. The predicted octanol–water partition coefficient (Wildman–Crippen LogP) is 5.23. The van der Waals surface area contributed by atoms with Crippen LogP contribution in [0.25, 0.3) is 5.57 Å². The van der Waals surface area contributed by atoms with Gasteiger partial charge in [-0.3, -0.25) is 4.79 Å². The topological polar surface area (TPSA) is 78.3 Å². The van der Waals surface area contributed by atoms with Crippen LogP contribution in [-0.4, -0.2) is 36.3 Å². The lowest BCUT2D eigenvalue weighted by Gasteiger charge is -2.18. The largest absolute Gasteiger partial charge is 0.475 e. The van der Waals surface area contributed by atoms with Gasteiger partial charge in [0.25, 0.3) is 0 Å². The number of benzene rings is 1. The molecule has 0 aliphatic heterocycles. The Morgan fingerprint density at radius 3 is 2.32 bits per heavy atom. The van der Waals surface area contributed by atoms with Crippen molar-refractivity contribution in [2.45, 2.75) is 78.9 Å². The van der Waals surface area contributed by atoms with E-state index >= 15 is 0 Å². The Balaban J connectivity index is 2.70. The number of aryl methyl sites for hydroxylation is 1. The van der Waals surface area contributed by atoms with Crippen LogP contribution in [-0.2, 0) is 16.4 Å². The van der Waals surface area contributed by atoms with Crippen LogP contribution in [0.5, 0.6) is 5.88 Å². The van der Waals surface area contributed by atoms with Gasteiger partial charge in [-0.15, -0.1) is 0 Å². The van der Waals surface area contributed by atoms with Crippen molar-refractivity contribution in [3.05, 3.63) is 46.2 Å². The molecule has 0 N–H and O–H groups in total. The molecule has 0 saturated carbocycles. The van der Waals surface area contributed by atoms with E-state index in [1.165, 1.54) is 12.3 Å². The monoisotopic (exact) mass is 446 g/mol. The highest BCUT2D eigenvalue weighted by Gasteiger charge is 2.26. The van der Waals surface area contributed by atoms with Crippen molar-refractivity contribution in [2.24, 2.45) is 0 Å². The number of sulfone groups is 1. The van der Waals surface area contributed by atoms with E-state index in [2.05, 4.69) is 12.0 Å². The number of allylic oxidation sites excluding steroid dienone is 2. The van der Waals surface area contributed by atoms with E-state index in [0.717, 1.165) is 24.0 Å². The Kier molecular flexibility index (Phi) is 7.87. The Labute approximate surface area is 186 Å². The van der Waals surface area contributed by atoms with Crippen LogP contribution in [0.4, 0.5) is 0 Å². The highest BCUT2D eigenvalue weighted by Crippen LogP contribution is 2.33. The number of rotatable bonds is 9. The average Bonchev–Trinajstić information content (AvgIpc) is 3.05. The molecule has 0 saturated heterocycles. The minimum absolute atomic E-state index is 0.110. The van der Waals surface area contributed by atoms with Crippen LogP contribution >= 0.6 is 0 Å². The molecule has 1 heterocycles. The van der Waals surface area contributed by atoms with E-state index in [1.54, 1.807) is 23.9 Å². The molecular formula is C24H34N2O4S. The molecule has 0 bridgehead atoms. The van der Waals surface area contributed by atoms with Gasteiger partial charge >= 0.3 is 0 Å².